The monoisotopic (exact) mass is 375 g/mol. The van der Waals surface area contributed by atoms with Crippen LogP contribution < -0.4 is 11.1 Å². The van der Waals surface area contributed by atoms with Gasteiger partial charge in [0.15, 0.2) is 0 Å². The van der Waals surface area contributed by atoms with Crippen LogP contribution in [0.2, 0.25) is 0 Å². The minimum atomic E-state index is -3.53. The Morgan fingerprint density at radius 2 is 1.65 bits per heavy atom. The first-order valence-electron chi connectivity index (χ1n) is 7.94. The fraction of sp³-hybridized carbons (Fsp3) is 0.222. The summed E-state index contributed by atoms with van der Waals surface area (Å²) in [5.74, 6) is -1.03. The maximum Gasteiger partial charge on any atom is 0.248 e. The summed E-state index contributed by atoms with van der Waals surface area (Å²) in [6, 6.07) is 15.5. The third kappa shape index (κ3) is 5.98. The van der Waals surface area contributed by atoms with Gasteiger partial charge < -0.3 is 11.1 Å². The number of rotatable bonds is 8. The number of anilines is 1. The molecule has 2 amide bonds. The molecule has 0 aliphatic rings. The van der Waals surface area contributed by atoms with Gasteiger partial charge in [-0.15, -0.1) is 0 Å². The van der Waals surface area contributed by atoms with Crippen molar-refractivity contribution in [1.29, 1.82) is 0 Å². The van der Waals surface area contributed by atoms with Gasteiger partial charge in [-0.3, -0.25) is 9.59 Å². The summed E-state index contributed by atoms with van der Waals surface area (Å²) < 4.78 is 25.0. The van der Waals surface area contributed by atoms with E-state index in [0.717, 1.165) is 16.1 Å². The predicted molar refractivity (Wildman–Crippen MR) is 100 cm³/mol. The molecule has 8 heteroatoms. The number of primary amides is 1. The van der Waals surface area contributed by atoms with Crippen LogP contribution in [0.15, 0.2) is 54.6 Å². The van der Waals surface area contributed by atoms with Crippen molar-refractivity contribution in [3.8, 4) is 0 Å². The number of hydrogen-bond acceptors (Lipinski definition) is 4. The molecule has 0 bridgehead atoms. The molecular weight excluding hydrogens is 354 g/mol. The molecular formula is C18H21N3O4S. The van der Waals surface area contributed by atoms with E-state index in [1.807, 2.05) is 30.3 Å². The largest absolute Gasteiger partial charge is 0.366 e. The Morgan fingerprint density at radius 1 is 1.04 bits per heavy atom. The Bertz CT molecular complexity index is 865. The van der Waals surface area contributed by atoms with Crippen molar-refractivity contribution in [2.45, 2.75) is 6.42 Å². The van der Waals surface area contributed by atoms with E-state index in [2.05, 4.69) is 5.32 Å². The first-order valence-corrected chi connectivity index (χ1v) is 9.79. The van der Waals surface area contributed by atoms with Crippen LogP contribution in [0.1, 0.15) is 15.9 Å². The Kier molecular flexibility index (Phi) is 6.48. The highest BCUT2D eigenvalue weighted by atomic mass is 32.2. The quantitative estimate of drug-likeness (QED) is 0.723. The van der Waals surface area contributed by atoms with Gasteiger partial charge in [-0.25, -0.2) is 8.42 Å². The zero-order valence-corrected chi connectivity index (χ0v) is 15.2. The summed E-state index contributed by atoms with van der Waals surface area (Å²) in [6.45, 7) is -0.0832. The molecule has 0 unspecified atom stereocenters. The van der Waals surface area contributed by atoms with Gasteiger partial charge in [0.05, 0.1) is 12.8 Å². The fourth-order valence-corrected chi connectivity index (χ4v) is 3.11. The number of nitrogens with one attached hydrogen (secondary N) is 1. The first kappa shape index (κ1) is 19.6. The van der Waals surface area contributed by atoms with Gasteiger partial charge in [-0.2, -0.15) is 4.31 Å². The normalized spacial score (nSPS) is 11.3. The lowest BCUT2D eigenvalue weighted by Gasteiger charge is -2.19. The minimum Gasteiger partial charge on any atom is -0.366 e. The van der Waals surface area contributed by atoms with E-state index in [1.165, 1.54) is 24.3 Å². The topological polar surface area (TPSA) is 110 Å². The molecule has 2 aromatic rings. The van der Waals surface area contributed by atoms with Crippen LogP contribution >= 0.6 is 0 Å². The second-order valence-electron chi connectivity index (χ2n) is 5.82. The number of amides is 2. The van der Waals surface area contributed by atoms with Crippen LogP contribution in [0.4, 0.5) is 5.69 Å². The maximum absolute atomic E-state index is 12.2. The number of hydrogen-bond donors (Lipinski definition) is 2. The number of nitrogens with zero attached hydrogens (tertiary/aromatic N) is 1. The molecule has 3 N–H and O–H groups in total. The standard InChI is InChI=1S/C18H21N3O4S/c1-26(24,25)21(12-11-14-5-3-2-4-6-14)13-17(22)20-16-9-7-15(8-10-16)18(19)23/h2-10H,11-13H2,1H3,(H2,19,23)(H,20,22). The number of carbonyl (C=O) groups is 2. The van der Waals surface area contributed by atoms with E-state index in [1.54, 1.807) is 0 Å². The second-order valence-corrected chi connectivity index (χ2v) is 7.80. The highest BCUT2D eigenvalue weighted by Crippen LogP contribution is 2.10. The first-order chi connectivity index (χ1) is 12.3. The van der Waals surface area contributed by atoms with E-state index in [-0.39, 0.29) is 13.1 Å². The van der Waals surface area contributed by atoms with Crippen LogP contribution in [-0.4, -0.2) is 43.9 Å². The Labute approximate surface area is 152 Å². The van der Waals surface area contributed by atoms with Crippen LogP contribution in [0.3, 0.4) is 0 Å². The van der Waals surface area contributed by atoms with Crippen molar-refractivity contribution in [3.63, 3.8) is 0 Å². The van der Waals surface area contributed by atoms with Gasteiger partial charge >= 0.3 is 0 Å². The van der Waals surface area contributed by atoms with E-state index < -0.39 is 21.8 Å². The molecule has 0 heterocycles. The van der Waals surface area contributed by atoms with Crippen molar-refractivity contribution in [2.75, 3.05) is 24.7 Å². The smallest absolute Gasteiger partial charge is 0.248 e. The molecule has 0 aliphatic heterocycles. The van der Waals surface area contributed by atoms with Gasteiger partial charge in [0.2, 0.25) is 21.8 Å². The second kappa shape index (κ2) is 8.59. The van der Waals surface area contributed by atoms with E-state index in [0.29, 0.717) is 17.7 Å². The third-order valence-corrected chi connectivity index (χ3v) is 4.98. The van der Waals surface area contributed by atoms with Crippen molar-refractivity contribution in [1.82, 2.24) is 4.31 Å². The molecule has 0 spiro atoms. The molecule has 0 aliphatic carbocycles. The molecule has 0 aromatic heterocycles. The number of benzene rings is 2. The van der Waals surface area contributed by atoms with Crippen LogP contribution in [0, 0.1) is 0 Å². The number of nitrogens with two attached hydrogens (primary N) is 1. The third-order valence-electron chi connectivity index (χ3n) is 3.73. The van der Waals surface area contributed by atoms with Gasteiger partial charge in [0.1, 0.15) is 0 Å². The molecule has 0 atom stereocenters. The van der Waals surface area contributed by atoms with Gasteiger partial charge in [-0.1, -0.05) is 30.3 Å². The molecule has 0 saturated heterocycles. The van der Waals surface area contributed by atoms with Crippen molar-refractivity contribution < 1.29 is 18.0 Å². The summed E-state index contributed by atoms with van der Waals surface area (Å²) in [5.41, 5.74) is 6.93. The summed E-state index contributed by atoms with van der Waals surface area (Å²) >= 11 is 0. The van der Waals surface area contributed by atoms with Crippen molar-refractivity contribution in [2.24, 2.45) is 5.73 Å². The lowest BCUT2D eigenvalue weighted by molar-refractivity contribution is -0.116. The van der Waals surface area contributed by atoms with E-state index >= 15 is 0 Å². The molecule has 0 radical (unpaired) electrons. The molecule has 0 saturated carbocycles. The SMILES string of the molecule is CS(=O)(=O)N(CCc1ccccc1)CC(=O)Nc1ccc(C(N)=O)cc1. The molecule has 26 heavy (non-hydrogen) atoms. The van der Waals surface area contributed by atoms with E-state index in [4.69, 9.17) is 5.73 Å². The lowest BCUT2D eigenvalue weighted by atomic mass is 10.1. The summed E-state index contributed by atoms with van der Waals surface area (Å²) in [5, 5.41) is 2.61. The molecule has 0 fully saturated rings. The average Bonchev–Trinajstić information content (AvgIpc) is 2.59. The predicted octanol–water partition coefficient (Wildman–Crippen LogP) is 1.23. The van der Waals surface area contributed by atoms with E-state index in [9.17, 15) is 18.0 Å². The van der Waals surface area contributed by atoms with Crippen LogP contribution in [-0.2, 0) is 21.2 Å². The summed E-state index contributed by atoms with van der Waals surface area (Å²) in [7, 11) is -3.53. The van der Waals surface area contributed by atoms with Crippen molar-refractivity contribution in [3.05, 3.63) is 65.7 Å². The maximum atomic E-state index is 12.2. The van der Waals surface area contributed by atoms with Gasteiger partial charge in [0, 0.05) is 17.8 Å². The number of carbonyl (C=O) groups excluding carboxylic acids is 2. The highest BCUT2D eigenvalue weighted by Gasteiger charge is 2.20. The summed E-state index contributed by atoms with van der Waals surface area (Å²) in [6.07, 6.45) is 1.58. The van der Waals surface area contributed by atoms with Crippen LogP contribution in [0.25, 0.3) is 0 Å². The summed E-state index contributed by atoms with van der Waals surface area (Å²) in [4.78, 5) is 23.2. The Hall–Kier alpha value is -2.71. The van der Waals surface area contributed by atoms with Crippen LogP contribution in [0.5, 0.6) is 0 Å². The van der Waals surface area contributed by atoms with Gasteiger partial charge in [-0.05, 0) is 36.2 Å². The zero-order chi connectivity index (χ0) is 19.2. The average molecular weight is 375 g/mol. The minimum absolute atomic E-state index is 0.205. The van der Waals surface area contributed by atoms with Crippen molar-refractivity contribution >= 4 is 27.5 Å². The Balaban J connectivity index is 1.98. The van der Waals surface area contributed by atoms with Gasteiger partial charge in [0.25, 0.3) is 0 Å². The molecule has 2 rings (SSSR count). The lowest BCUT2D eigenvalue weighted by Crippen LogP contribution is -2.38. The number of sulfonamides is 1. The Morgan fingerprint density at radius 3 is 2.19 bits per heavy atom. The fourth-order valence-electron chi connectivity index (χ4n) is 2.34. The highest BCUT2D eigenvalue weighted by molar-refractivity contribution is 7.88. The molecule has 7 nitrogen and oxygen atoms in total. The molecule has 138 valence electrons. The molecule has 2 aromatic carbocycles. The zero-order valence-electron chi connectivity index (χ0n) is 14.4.